The summed E-state index contributed by atoms with van der Waals surface area (Å²) in [5.41, 5.74) is 3.55. The van der Waals surface area contributed by atoms with Crippen LogP contribution in [0.5, 0.6) is 0 Å². The van der Waals surface area contributed by atoms with Crippen molar-refractivity contribution in [2.24, 2.45) is 0 Å². The van der Waals surface area contributed by atoms with Gasteiger partial charge in [-0.1, -0.05) is 0 Å². The molecule has 0 aliphatic carbocycles. The molecule has 0 saturated carbocycles. The number of carbonyl (C=O) groups is 2. The zero-order chi connectivity index (χ0) is 18.6. The first-order valence-electron chi connectivity index (χ1n) is 8.94. The van der Waals surface area contributed by atoms with Crippen LogP contribution in [0.15, 0.2) is 18.2 Å². The molecule has 0 fully saturated rings. The molecule has 0 spiro atoms. The Bertz CT molecular complexity index is 704. The van der Waals surface area contributed by atoms with Gasteiger partial charge in [0.25, 0.3) is 0 Å². The molecule has 2 rings (SSSR count). The average Bonchev–Trinajstić information content (AvgIpc) is 2.75. The molecule has 1 aliphatic rings. The van der Waals surface area contributed by atoms with E-state index in [4.69, 9.17) is 4.74 Å². The Morgan fingerprint density at radius 1 is 1.20 bits per heavy atom. The van der Waals surface area contributed by atoms with Crippen molar-refractivity contribution in [1.29, 1.82) is 0 Å². The molecule has 1 aromatic carbocycles. The normalized spacial score (nSPS) is 15.2. The number of unbranched alkanes of at least 4 members (excludes halogenated alkanes) is 2. The number of hydrogen-bond donors (Lipinski definition) is 1. The van der Waals surface area contributed by atoms with E-state index in [2.05, 4.69) is 25.3 Å². The third kappa shape index (κ3) is 4.09. The van der Waals surface area contributed by atoms with Crippen molar-refractivity contribution in [2.45, 2.75) is 58.8 Å². The van der Waals surface area contributed by atoms with E-state index in [1.54, 1.807) is 12.1 Å². The van der Waals surface area contributed by atoms with Crippen molar-refractivity contribution >= 4 is 23.3 Å². The van der Waals surface area contributed by atoms with Gasteiger partial charge in [-0.3, -0.25) is 4.79 Å². The van der Waals surface area contributed by atoms with Crippen LogP contribution < -0.4 is 0 Å². The van der Waals surface area contributed by atoms with Gasteiger partial charge in [0.15, 0.2) is 5.71 Å². The number of esters is 1. The first kappa shape index (κ1) is 19.2. The second-order valence-electron chi connectivity index (χ2n) is 7.01. The van der Waals surface area contributed by atoms with E-state index in [9.17, 15) is 14.7 Å². The van der Waals surface area contributed by atoms with E-state index in [1.165, 1.54) is 5.71 Å². The molecular weight excluding hydrogens is 318 g/mol. The molecule has 1 N–H and O–H groups in total. The zero-order valence-corrected chi connectivity index (χ0v) is 15.6. The molecule has 0 amide bonds. The minimum atomic E-state index is -0.895. The molecular formula is C20H28NO4+. The van der Waals surface area contributed by atoms with E-state index < -0.39 is 5.97 Å². The van der Waals surface area contributed by atoms with E-state index in [0.29, 0.717) is 18.6 Å². The van der Waals surface area contributed by atoms with Gasteiger partial charge in [0.05, 0.1) is 17.6 Å². The maximum Gasteiger partial charge on any atom is 0.335 e. The molecule has 0 radical (unpaired) electrons. The summed E-state index contributed by atoms with van der Waals surface area (Å²) in [6.45, 7) is 9.50. The van der Waals surface area contributed by atoms with Gasteiger partial charge in [0.1, 0.15) is 6.54 Å². The van der Waals surface area contributed by atoms with Crippen molar-refractivity contribution in [2.75, 3.05) is 13.2 Å². The smallest absolute Gasteiger partial charge is 0.335 e. The fraction of sp³-hybridized carbons (Fsp3) is 0.550. The van der Waals surface area contributed by atoms with Gasteiger partial charge in [-0.15, -0.1) is 0 Å². The fourth-order valence-electron chi connectivity index (χ4n) is 3.36. The zero-order valence-electron chi connectivity index (χ0n) is 15.6. The molecule has 136 valence electrons. The highest BCUT2D eigenvalue weighted by molar-refractivity contribution is 5.95. The Hall–Kier alpha value is -2.17. The Morgan fingerprint density at radius 3 is 2.56 bits per heavy atom. The topological polar surface area (TPSA) is 66.6 Å². The second-order valence-corrected chi connectivity index (χ2v) is 7.01. The predicted molar refractivity (Wildman–Crippen MR) is 97.0 cm³/mol. The van der Waals surface area contributed by atoms with E-state index in [1.807, 2.05) is 13.0 Å². The lowest BCUT2D eigenvalue weighted by molar-refractivity contribution is -0.439. The quantitative estimate of drug-likeness (QED) is 0.440. The third-order valence-corrected chi connectivity index (χ3v) is 5.08. The number of hydrogen-bond acceptors (Lipinski definition) is 3. The lowest BCUT2D eigenvalue weighted by Crippen LogP contribution is -2.26. The van der Waals surface area contributed by atoms with Crippen molar-refractivity contribution < 1.29 is 24.0 Å². The van der Waals surface area contributed by atoms with Gasteiger partial charge in [0, 0.05) is 31.4 Å². The SMILES string of the molecule is CCOC(=O)CCCCC[N+]1=C(C)C(C)(C)c2cc(C(=O)O)ccc21. The monoisotopic (exact) mass is 346 g/mol. The van der Waals surface area contributed by atoms with Gasteiger partial charge in [0.2, 0.25) is 5.69 Å². The van der Waals surface area contributed by atoms with Crippen LogP contribution in [0.1, 0.15) is 69.3 Å². The Kier molecular flexibility index (Phi) is 5.98. The number of benzene rings is 1. The van der Waals surface area contributed by atoms with Crippen molar-refractivity contribution in [3.63, 3.8) is 0 Å². The summed E-state index contributed by atoms with van der Waals surface area (Å²) in [7, 11) is 0. The second kappa shape index (κ2) is 7.81. The minimum Gasteiger partial charge on any atom is -0.478 e. The first-order chi connectivity index (χ1) is 11.8. The lowest BCUT2D eigenvalue weighted by atomic mass is 9.81. The number of fused-ring (bicyclic) bond motifs is 1. The summed E-state index contributed by atoms with van der Waals surface area (Å²) in [6, 6.07) is 5.38. The van der Waals surface area contributed by atoms with Crippen molar-refractivity contribution in [1.82, 2.24) is 0 Å². The molecule has 1 aliphatic heterocycles. The summed E-state index contributed by atoms with van der Waals surface area (Å²) in [6.07, 6.45) is 3.25. The van der Waals surface area contributed by atoms with Gasteiger partial charge < -0.3 is 9.84 Å². The lowest BCUT2D eigenvalue weighted by Gasteiger charge is -2.15. The maximum atomic E-state index is 11.4. The summed E-state index contributed by atoms with van der Waals surface area (Å²) in [5, 5.41) is 9.24. The van der Waals surface area contributed by atoms with Gasteiger partial charge >= 0.3 is 11.9 Å². The number of nitrogens with zero attached hydrogens (tertiary/aromatic N) is 1. The van der Waals surface area contributed by atoms with Gasteiger partial charge in [-0.05, 0) is 45.7 Å². The Balaban J connectivity index is 2.03. The number of carbonyl (C=O) groups excluding carboxylic acids is 1. The summed E-state index contributed by atoms with van der Waals surface area (Å²) >= 11 is 0. The highest BCUT2D eigenvalue weighted by Crippen LogP contribution is 2.40. The third-order valence-electron chi connectivity index (χ3n) is 5.08. The highest BCUT2D eigenvalue weighted by atomic mass is 16.5. The fourth-order valence-corrected chi connectivity index (χ4v) is 3.36. The molecule has 1 aromatic rings. The standard InChI is InChI=1S/C20H27NO4/c1-5-25-18(22)9-7-6-8-12-21-14(2)20(3,4)16-13-15(19(23)24)10-11-17(16)21/h10-11,13H,5-9,12H2,1-4H3/p+1. The summed E-state index contributed by atoms with van der Waals surface area (Å²) in [4.78, 5) is 22.6. The van der Waals surface area contributed by atoms with Gasteiger partial charge in [-0.2, -0.15) is 4.58 Å². The van der Waals surface area contributed by atoms with Crippen molar-refractivity contribution in [3.05, 3.63) is 29.3 Å². The molecule has 25 heavy (non-hydrogen) atoms. The number of ether oxygens (including phenoxy) is 1. The highest BCUT2D eigenvalue weighted by Gasteiger charge is 2.43. The molecule has 0 atom stereocenters. The molecule has 1 heterocycles. The number of carboxylic acid groups (broad SMARTS) is 1. The van der Waals surface area contributed by atoms with Crippen molar-refractivity contribution in [3.8, 4) is 0 Å². The number of rotatable bonds is 8. The van der Waals surface area contributed by atoms with Crippen LogP contribution in [0.4, 0.5) is 5.69 Å². The average molecular weight is 346 g/mol. The molecule has 0 saturated heterocycles. The van der Waals surface area contributed by atoms with E-state index in [-0.39, 0.29) is 11.4 Å². The van der Waals surface area contributed by atoms with Crippen LogP contribution in [0, 0.1) is 0 Å². The van der Waals surface area contributed by atoms with Gasteiger partial charge in [-0.25, -0.2) is 4.79 Å². The largest absolute Gasteiger partial charge is 0.478 e. The van der Waals surface area contributed by atoms with Crippen LogP contribution in [-0.2, 0) is 14.9 Å². The molecule has 0 unspecified atom stereocenters. The van der Waals surface area contributed by atoms with E-state index >= 15 is 0 Å². The van der Waals surface area contributed by atoms with Crippen LogP contribution >= 0.6 is 0 Å². The maximum absolute atomic E-state index is 11.4. The van der Waals surface area contributed by atoms with Crippen LogP contribution in [0.2, 0.25) is 0 Å². The Morgan fingerprint density at radius 2 is 1.92 bits per heavy atom. The summed E-state index contributed by atoms with van der Waals surface area (Å²) in [5.74, 6) is -1.02. The van der Waals surface area contributed by atoms with E-state index in [0.717, 1.165) is 37.1 Å². The molecule has 5 heteroatoms. The predicted octanol–water partition coefficient (Wildman–Crippen LogP) is 3.90. The molecule has 5 nitrogen and oxygen atoms in total. The van der Waals surface area contributed by atoms with Crippen LogP contribution in [0.3, 0.4) is 0 Å². The first-order valence-corrected chi connectivity index (χ1v) is 8.94. The minimum absolute atomic E-state index is 0.126. The van der Waals surface area contributed by atoms with Crippen LogP contribution in [0.25, 0.3) is 0 Å². The summed E-state index contributed by atoms with van der Waals surface area (Å²) < 4.78 is 7.22. The molecule has 0 bridgehead atoms. The number of aromatic carboxylic acids is 1. The van der Waals surface area contributed by atoms with Crippen LogP contribution in [-0.4, -0.2) is 40.5 Å². The Labute approximate surface area is 149 Å². The number of carboxylic acids is 1. The molecule has 0 aromatic heterocycles.